The van der Waals surface area contributed by atoms with E-state index in [9.17, 15) is 13.2 Å². The van der Waals surface area contributed by atoms with Crippen LogP contribution in [0.15, 0.2) is 30.3 Å². The van der Waals surface area contributed by atoms with Gasteiger partial charge in [0.1, 0.15) is 29.0 Å². The van der Waals surface area contributed by atoms with Crippen molar-refractivity contribution in [1.82, 2.24) is 9.55 Å². The van der Waals surface area contributed by atoms with Gasteiger partial charge >= 0.3 is 0 Å². The monoisotopic (exact) mass is 310 g/mol. The van der Waals surface area contributed by atoms with Gasteiger partial charge in [-0.15, -0.1) is 11.6 Å². The highest BCUT2D eigenvalue weighted by Crippen LogP contribution is 2.28. The lowest BCUT2D eigenvalue weighted by atomic mass is 10.2. The molecule has 1 heterocycles. The maximum Gasteiger partial charge on any atom is 0.150 e. The van der Waals surface area contributed by atoms with Crippen molar-refractivity contribution in [2.75, 3.05) is 0 Å². The number of para-hydroxylation sites is 1. The SMILES string of the molecule is Cc1cc2c(cc1F)nc(CCl)n2-c1c(F)cccc1F. The van der Waals surface area contributed by atoms with E-state index in [0.29, 0.717) is 16.6 Å². The van der Waals surface area contributed by atoms with Gasteiger partial charge in [-0.05, 0) is 30.7 Å². The van der Waals surface area contributed by atoms with Crippen LogP contribution >= 0.6 is 11.6 Å². The Balaban J connectivity index is 2.43. The molecular formula is C15H10ClF3N2. The fourth-order valence-corrected chi connectivity index (χ4v) is 2.47. The van der Waals surface area contributed by atoms with Gasteiger partial charge in [-0.2, -0.15) is 0 Å². The molecule has 3 rings (SSSR count). The first-order valence-electron chi connectivity index (χ1n) is 6.20. The summed E-state index contributed by atoms with van der Waals surface area (Å²) in [7, 11) is 0. The molecule has 6 heteroatoms. The Morgan fingerprint density at radius 3 is 2.38 bits per heavy atom. The van der Waals surface area contributed by atoms with Gasteiger partial charge in [-0.3, -0.25) is 4.57 Å². The zero-order chi connectivity index (χ0) is 15.1. The van der Waals surface area contributed by atoms with Gasteiger partial charge in [0.25, 0.3) is 0 Å². The van der Waals surface area contributed by atoms with Crippen molar-refractivity contribution < 1.29 is 13.2 Å². The molecule has 0 fully saturated rings. The molecule has 0 saturated heterocycles. The summed E-state index contributed by atoms with van der Waals surface area (Å²) in [5, 5.41) is 0. The molecule has 0 saturated carbocycles. The number of benzene rings is 2. The minimum atomic E-state index is -0.734. The molecule has 108 valence electrons. The van der Waals surface area contributed by atoms with Crippen molar-refractivity contribution in [2.24, 2.45) is 0 Å². The number of alkyl halides is 1. The second-order valence-electron chi connectivity index (χ2n) is 4.66. The number of halogens is 4. The number of rotatable bonds is 2. The highest BCUT2D eigenvalue weighted by Gasteiger charge is 2.19. The first-order chi connectivity index (χ1) is 10.0. The fraction of sp³-hybridized carbons (Fsp3) is 0.133. The number of imidazole rings is 1. The maximum absolute atomic E-state index is 14.0. The van der Waals surface area contributed by atoms with Crippen LogP contribution in [-0.4, -0.2) is 9.55 Å². The highest BCUT2D eigenvalue weighted by atomic mass is 35.5. The molecule has 0 spiro atoms. The molecule has 0 amide bonds. The Kier molecular flexibility index (Phi) is 3.37. The summed E-state index contributed by atoms with van der Waals surface area (Å²) >= 11 is 5.82. The molecule has 3 aromatic rings. The molecule has 0 radical (unpaired) electrons. The highest BCUT2D eigenvalue weighted by molar-refractivity contribution is 6.17. The summed E-state index contributed by atoms with van der Waals surface area (Å²) in [5.41, 5.74) is 0.813. The Morgan fingerprint density at radius 1 is 1.10 bits per heavy atom. The molecule has 0 aliphatic carbocycles. The average molecular weight is 311 g/mol. The van der Waals surface area contributed by atoms with Crippen LogP contribution < -0.4 is 0 Å². The third kappa shape index (κ3) is 2.17. The second kappa shape index (κ2) is 5.07. The standard InChI is InChI=1S/C15H10ClF3N2/c1-8-5-13-12(6-11(8)19)20-14(7-16)21(13)15-9(17)3-2-4-10(15)18/h2-6H,7H2,1H3. The Labute approximate surface area is 123 Å². The summed E-state index contributed by atoms with van der Waals surface area (Å²) in [6.07, 6.45) is 0. The van der Waals surface area contributed by atoms with Gasteiger partial charge in [-0.1, -0.05) is 6.07 Å². The van der Waals surface area contributed by atoms with Gasteiger partial charge in [0.15, 0.2) is 0 Å². The summed E-state index contributed by atoms with van der Waals surface area (Å²) in [6.45, 7) is 1.57. The fourth-order valence-electron chi connectivity index (χ4n) is 2.29. The minimum absolute atomic E-state index is 0.0525. The van der Waals surface area contributed by atoms with Gasteiger partial charge < -0.3 is 0 Å². The van der Waals surface area contributed by atoms with Crippen molar-refractivity contribution in [3.8, 4) is 5.69 Å². The lowest BCUT2D eigenvalue weighted by molar-refractivity contribution is 0.569. The van der Waals surface area contributed by atoms with Gasteiger partial charge in [-0.25, -0.2) is 18.2 Å². The third-order valence-electron chi connectivity index (χ3n) is 3.29. The number of aryl methyl sites for hydroxylation is 1. The molecular weight excluding hydrogens is 301 g/mol. The van der Waals surface area contributed by atoms with E-state index in [0.717, 1.165) is 12.1 Å². The predicted octanol–water partition coefficient (Wildman–Crippen LogP) is 4.49. The number of nitrogens with zero attached hydrogens (tertiary/aromatic N) is 2. The van der Waals surface area contributed by atoms with Crippen LogP contribution in [0.1, 0.15) is 11.4 Å². The Bertz CT molecular complexity index is 822. The van der Waals surface area contributed by atoms with E-state index in [-0.39, 0.29) is 17.4 Å². The zero-order valence-electron chi connectivity index (χ0n) is 11.0. The first kappa shape index (κ1) is 13.9. The lowest BCUT2D eigenvalue weighted by Gasteiger charge is -2.10. The molecule has 2 nitrogen and oxygen atoms in total. The number of aromatic nitrogens is 2. The van der Waals surface area contributed by atoms with Crippen LogP contribution in [0, 0.1) is 24.4 Å². The lowest BCUT2D eigenvalue weighted by Crippen LogP contribution is -2.05. The molecule has 21 heavy (non-hydrogen) atoms. The van der Waals surface area contributed by atoms with Gasteiger partial charge in [0, 0.05) is 6.07 Å². The van der Waals surface area contributed by atoms with E-state index in [2.05, 4.69) is 4.98 Å². The van der Waals surface area contributed by atoms with E-state index >= 15 is 0 Å². The Morgan fingerprint density at radius 2 is 1.76 bits per heavy atom. The van der Waals surface area contributed by atoms with Crippen LogP contribution in [0.2, 0.25) is 0 Å². The first-order valence-corrected chi connectivity index (χ1v) is 6.74. The molecule has 0 aliphatic rings. The van der Waals surface area contributed by atoms with E-state index in [1.165, 1.54) is 22.8 Å². The molecule has 1 aromatic heterocycles. The predicted molar refractivity (Wildman–Crippen MR) is 75.2 cm³/mol. The molecule has 0 aliphatic heterocycles. The summed E-state index contributed by atoms with van der Waals surface area (Å²) in [4.78, 5) is 4.15. The molecule has 0 bridgehead atoms. The smallest absolute Gasteiger partial charge is 0.150 e. The molecule has 2 aromatic carbocycles. The zero-order valence-corrected chi connectivity index (χ0v) is 11.8. The maximum atomic E-state index is 14.0. The molecule has 0 unspecified atom stereocenters. The van der Waals surface area contributed by atoms with Crippen LogP contribution in [0.25, 0.3) is 16.7 Å². The summed E-state index contributed by atoms with van der Waals surface area (Å²) in [5.74, 6) is -1.70. The van der Waals surface area contributed by atoms with Gasteiger partial charge in [0.2, 0.25) is 0 Å². The number of hydrogen-bond donors (Lipinski definition) is 0. The average Bonchev–Trinajstić information content (AvgIpc) is 2.77. The van der Waals surface area contributed by atoms with Crippen LogP contribution in [0.5, 0.6) is 0 Å². The van der Waals surface area contributed by atoms with E-state index < -0.39 is 17.5 Å². The van der Waals surface area contributed by atoms with Crippen molar-refractivity contribution in [3.63, 3.8) is 0 Å². The number of hydrogen-bond acceptors (Lipinski definition) is 1. The van der Waals surface area contributed by atoms with Crippen molar-refractivity contribution in [1.29, 1.82) is 0 Å². The summed E-state index contributed by atoms with van der Waals surface area (Å²) in [6, 6.07) is 6.31. The third-order valence-corrected chi connectivity index (χ3v) is 3.52. The van der Waals surface area contributed by atoms with Gasteiger partial charge in [0.05, 0.1) is 16.9 Å². The normalized spacial score (nSPS) is 11.3. The van der Waals surface area contributed by atoms with Crippen LogP contribution in [0.3, 0.4) is 0 Å². The van der Waals surface area contributed by atoms with Crippen LogP contribution in [-0.2, 0) is 5.88 Å². The van der Waals surface area contributed by atoms with Crippen molar-refractivity contribution in [2.45, 2.75) is 12.8 Å². The van der Waals surface area contributed by atoms with E-state index in [4.69, 9.17) is 11.6 Å². The second-order valence-corrected chi connectivity index (χ2v) is 4.92. The topological polar surface area (TPSA) is 17.8 Å². The van der Waals surface area contributed by atoms with E-state index in [1.54, 1.807) is 6.92 Å². The molecule has 0 atom stereocenters. The molecule has 0 N–H and O–H groups in total. The summed E-state index contributed by atoms with van der Waals surface area (Å²) < 4.78 is 43.0. The largest absolute Gasteiger partial charge is 0.290 e. The quantitative estimate of drug-likeness (QED) is 0.638. The van der Waals surface area contributed by atoms with Crippen LogP contribution in [0.4, 0.5) is 13.2 Å². The Hall–Kier alpha value is -2.01. The van der Waals surface area contributed by atoms with Crippen molar-refractivity contribution >= 4 is 22.6 Å². The minimum Gasteiger partial charge on any atom is -0.290 e. The number of fused-ring (bicyclic) bond motifs is 1. The van der Waals surface area contributed by atoms with Crippen molar-refractivity contribution in [3.05, 3.63) is 59.2 Å². The van der Waals surface area contributed by atoms with E-state index in [1.807, 2.05) is 0 Å².